The molecule has 0 spiro atoms. The summed E-state index contributed by atoms with van der Waals surface area (Å²) >= 11 is 0. The lowest BCUT2D eigenvalue weighted by Gasteiger charge is -2.30. The number of unbranched alkanes of at least 4 members (excludes halogenated alkanes) is 2. The first-order chi connectivity index (χ1) is 40.9. The van der Waals surface area contributed by atoms with E-state index in [2.05, 4.69) is 15.4 Å². The second kappa shape index (κ2) is 30.1. The number of ether oxygens (including phenoxy) is 1. The van der Waals surface area contributed by atoms with Crippen LogP contribution in [0.2, 0.25) is 0 Å². The minimum atomic E-state index is -5.05. The van der Waals surface area contributed by atoms with E-state index in [1.807, 2.05) is 56.0 Å². The standard InChI is InChI=1S/C49H72N6O23P4S3.O3S/c1-34-29-55(47(59)52-46(34)58)45-28-40(56)41(78-45)30-77-82(66,67)33-80(62,63)31-79(60,61)32-81(64,65)51-22-21-50-44(57)17-6-5-9-20-49(4)36-13-7-8-14-38(36)54(24-12-26-84(71,72)73)43(49)16-10-15-42-48(2,3)37-27-35(85(74,75)76)18-19-39(37)53(42)23-11-25-83(68,69)70;1-4(2)3/h7-8,10,13-16,18-19,27,29,40-41,45,56H,5-6,9,11-12,17,20-26,28,30-33H2,1-4H3,(H9-,50,51,52,57,58,59,60,61,62,63,64,65,66,67,68,69,70,71,72,73,74,75,76);/p+1/t40-,41-,45-,49?;/m1./s1. The summed E-state index contributed by atoms with van der Waals surface area (Å²) in [5.41, 5.74) is 1.17. The Morgan fingerprint density at radius 3 is 2.12 bits per heavy atom. The van der Waals surface area contributed by atoms with Crippen LogP contribution in [0.3, 0.4) is 0 Å². The highest BCUT2D eigenvalue weighted by molar-refractivity contribution is 7.86. The topological polar surface area (TPSA) is 504 Å². The third-order valence-corrected chi connectivity index (χ3v) is 28.4. The Balaban J connectivity index is 0.00000349. The number of carbonyl (C=O) groups excluding carboxylic acids is 1. The zero-order chi connectivity index (χ0) is 66.9. The van der Waals surface area contributed by atoms with Crippen LogP contribution >= 0.6 is 29.9 Å². The predicted octanol–water partition coefficient (Wildman–Crippen LogP) is 3.04. The van der Waals surface area contributed by atoms with E-state index in [-0.39, 0.29) is 62.3 Å². The lowest BCUT2D eigenvalue weighted by molar-refractivity contribution is -0.437. The summed E-state index contributed by atoms with van der Waals surface area (Å²) in [4.78, 5) is 82.4. The van der Waals surface area contributed by atoms with Crippen molar-refractivity contribution in [2.75, 3.05) is 66.9 Å². The van der Waals surface area contributed by atoms with E-state index in [0.29, 0.717) is 42.6 Å². The number of anilines is 1. The number of aliphatic hydroxyl groups is 1. The van der Waals surface area contributed by atoms with Crippen LogP contribution in [0.1, 0.15) is 95.1 Å². The molecule has 1 amide bonds. The van der Waals surface area contributed by atoms with Gasteiger partial charge in [0.1, 0.15) is 36.6 Å². The van der Waals surface area contributed by atoms with Crippen molar-refractivity contribution in [1.82, 2.24) is 20.0 Å². The van der Waals surface area contributed by atoms with Crippen LogP contribution in [-0.4, -0.2) is 176 Å². The van der Waals surface area contributed by atoms with Crippen molar-refractivity contribution >= 4 is 93.8 Å². The van der Waals surface area contributed by atoms with E-state index in [0.717, 1.165) is 21.5 Å². The van der Waals surface area contributed by atoms with Crippen molar-refractivity contribution in [2.45, 2.75) is 113 Å². The maximum atomic E-state index is 13.0. The summed E-state index contributed by atoms with van der Waals surface area (Å²) in [6.07, 6.45) is 4.70. The molecule has 2 aromatic carbocycles. The minimum Gasteiger partial charge on any atom is -0.390 e. The fourth-order valence-electron chi connectivity index (χ4n) is 10.7. The molecule has 5 unspecified atom stereocenters. The number of nitrogens with zero attached hydrogens (tertiary/aromatic N) is 3. The van der Waals surface area contributed by atoms with E-state index < -0.39 is 153 Å². The van der Waals surface area contributed by atoms with Gasteiger partial charge < -0.3 is 44.2 Å². The van der Waals surface area contributed by atoms with Crippen LogP contribution in [0.25, 0.3) is 0 Å². The Morgan fingerprint density at radius 1 is 0.854 bits per heavy atom. The number of aromatic amines is 1. The fraction of sp³-hybridized carbons (Fsp3) is 0.551. The molecule has 40 heteroatoms. The Kier molecular flexibility index (Phi) is 25.4. The van der Waals surface area contributed by atoms with E-state index in [9.17, 15) is 96.2 Å². The van der Waals surface area contributed by atoms with Crippen LogP contribution in [0.4, 0.5) is 11.4 Å². The molecule has 3 aliphatic rings. The number of aryl methyl sites for hydroxylation is 1. The number of benzene rings is 2. The average Bonchev–Trinajstić information content (AvgIpc) is 1.72. The Bertz CT molecular complexity index is 4040. The van der Waals surface area contributed by atoms with Crippen molar-refractivity contribution in [3.63, 3.8) is 0 Å². The molecule has 1 saturated heterocycles. The molecule has 0 saturated carbocycles. The number of fused-ring (bicyclic) bond motifs is 2. The van der Waals surface area contributed by atoms with Gasteiger partial charge in [0.25, 0.3) is 43.4 Å². The lowest BCUT2D eigenvalue weighted by atomic mass is 9.77. The molecule has 1 aromatic heterocycles. The third-order valence-electron chi connectivity index (χ3n) is 14.6. The molecule has 32 nitrogen and oxygen atoms in total. The van der Waals surface area contributed by atoms with E-state index in [4.69, 9.17) is 21.9 Å². The Hall–Kier alpha value is -4.51. The van der Waals surface area contributed by atoms with Gasteiger partial charge in [-0.3, -0.25) is 51.1 Å². The zero-order valence-corrected chi connectivity index (χ0v) is 55.3. The molecule has 11 N–H and O–H groups in total. The van der Waals surface area contributed by atoms with Gasteiger partial charge >= 0.3 is 23.9 Å². The number of aromatic nitrogens is 2. The molecule has 8 atom stereocenters. The van der Waals surface area contributed by atoms with Crippen LogP contribution in [0.5, 0.6) is 0 Å². The normalized spacial score (nSPS) is 22.4. The number of aliphatic hydroxyl groups excluding tert-OH is 1. The maximum Gasteiger partial charge on any atom is 0.425 e. The Morgan fingerprint density at radius 2 is 1.48 bits per heavy atom. The van der Waals surface area contributed by atoms with Crippen molar-refractivity contribution < 1.29 is 113 Å². The number of amides is 1. The van der Waals surface area contributed by atoms with Gasteiger partial charge in [0, 0.05) is 85.2 Å². The molecular weight excluding hydrogens is 1340 g/mol. The molecule has 3 aromatic rings. The molecule has 1 fully saturated rings. The number of rotatable bonds is 31. The molecular formula is C49H73N6O26P4S4+. The van der Waals surface area contributed by atoms with Crippen molar-refractivity contribution in [3.8, 4) is 0 Å². The van der Waals surface area contributed by atoms with Crippen molar-refractivity contribution in [3.05, 3.63) is 110 Å². The summed E-state index contributed by atoms with van der Waals surface area (Å²) in [5, 5.41) is 15.2. The van der Waals surface area contributed by atoms with Gasteiger partial charge in [-0.2, -0.15) is 29.8 Å². The highest BCUT2D eigenvalue weighted by atomic mass is 32.2. The van der Waals surface area contributed by atoms with Gasteiger partial charge in [-0.25, -0.2) is 9.88 Å². The van der Waals surface area contributed by atoms with E-state index in [1.54, 1.807) is 16.7 Å². The molecule has 6 rings (SSSR count). The molecule has 4 heterocycles. The first-order valence-electron chi connectivity index (χ1n) is 27.1. The quantitative estimate of drug-likeness (QED) is 0.0191. The second-order valence-electron chi connectivity index (χ2n) is 22.2. The smallest absolute Gasteiger partial charge is 0.390 e. The van der Waals surface area contributed by atoms with Crippen molar-refractivity contribution in [1.29, 1.82) is 0 Å². The maximum absolute atomic E-state index is 13.0. The van der Waals surface area contributed by atoms with Crippen molar-refractivity contribution in [2.24, 2.45) is 0 Å². The molecule has 0 bridgehead atoms. The average molecular weight is 1410 g/mol. The van der Waals surface area contributed by atoms with Gasteiger partial charge in [-0.05, 0) is 76.8 Å². The molecule has 0 aliphatic carbocycles. The van der Waals surface area contributed by atoms with Gasteiger partial charge in [-0.15, -0.1) is 12.6 Å². The van der Waals surface area contributed by atoms with Gasteiger partial charge in [0.05, 0.1) is 34.5 Å². The molecule has 3 aliphatic heterocycles. The van der Waals surface area contributed by atoms with Gasteiger partial charge in [0.2, 0.25) is 26.3 Å². The highest BCUT2D eigenvalue weighted by Crippen LogP contribution is 2.67. The van der Waals surface area contributed by atoms with Gasteiger partial charge in [-0.1, -0.05) is 37.1 Å². The summed E-state index contributed by atoms with van der Waals surface area (Å²) < 4.78 is 191. The van der Waals surface area contributed by atoms with E-state index in [1.165, 1.54) is 31.3 Å². The Labute approximate surface area is 514 Å². The number of hydrogen-bond acceptors (Lipinski definition) is 20. The SMILES string of the molecule is Cc1cn([C@H]2C[C@@H](O)[C@@H](COP(=O)(O)CP(=O)(O)CP(=O)(O)CP(=O)(O)NCCNC(=O)CCCCCC3(C)/C(=C\C=C\C4=[N+](CCCS(=O)(=O)O)c5ccc(S(=O)(=O)O)cc5C4(C)C)N(CCCS(=O)(=O)O)c4ccccc43)O2)c(=O)[nH]c1=O.O=S(=O)=O. The fourth-order valence-corrected chi connectivity index (χ4v) is 23.5. The molecule has 89 heavy (non-hydrogen) atoms. The number of H-pyrrole nitrogens is 1. The summed E-state index contributed by atoms with van der Waals surface area (Å²) in [6, 6.07) is 11.6. The summed E-state index contributed by atoms with van der Waals surface area (Å²) in [7, 11) is -36.2. The number of nitrogens with one attached hydrogen (secondary N) is 3. The van der Waals surface area contributed by atoms with Crippen LogP contribution in [0, 0.1) is 6.92 Å². The van der Waals surface area contributed by atoms with Crippen LogP contribution < -0.4 is 26.6 Å². The lowest BCUT2D eigenvalue weighted by Crippen LogP contribution is -2.33. The number of para-hydroxylation sites is 1. The number of hydrogen-bond donors (Lipinski definition) is 11. The third kappa shape index (κ3) is 22.1. The second-order valence-corrected chi connectivity index (χ2v) is 37.2. The predicted molar refractivity (Wildman–Crippen MR) is 324 cm³/mol. The number of carbonyl (C=O) groups is 1. The first-order valence-corrected chi connectivity index (χ1v) is 40.5. The minimum absolute atomic E-state index is 0.00269. The zero-order valence-electron chi connectivity index (χ0n) is 48.5. The highest BCUT2D eigenvalue weighted by Gasteiger charge is 2.47. The van der Waals surface area contributed by atoms with Gasteiger partial charge in [0.15, 0.2) is 5.71 Å². The van der Waals surface area contributed by atoms with Crippen LogP contribution in [-0.2, 0) is 84.1 Å². The van der Waals surface area contributed by atoms with Crippen LogP contribution in [0.15, 0.2) is 87.1 Å². The number of allylic oxidation sites excluding steroid dienone is 4. The monoisotopic (exact) mass is 1410 g/mol. The summed E-state index contributed by atoms with van der Waals surface area (Å²) in [6.45, 7) is 5.94. The largest absolute Gasteiger partial charge is 0.425 e. The molecule has 498 valence electrons. The first kappa shape index (κ1) is 75.2. The molecule has 0 radical (unpaired) electrons. The summed E-state index contributed by atoms with van der Waals surface area (Å²) in [5.74, 6) is -6.02. The van der Waals surface area contributed by atoms with E-state index >= 15 is 0 Å².